The number of nitrogen functional groups attached to an aromatic ring is 1. The molecule has 0 saturated carbocycles. The second kappa shape index (κ2) is 6.30. The molecule has 1 aromatic rings. The number of hydrogen-bond acceptors (Lipinski definition) is 5. The largest absolute Gasteiger partial charge is 0.487 e. The van der Waals surface area contributed by atoms with Crippen molar-refractivity contribution < 1.29 is 9.84 Å². The molecule has 4 N–H and O–H groups in total. The highest BCUT2D eigenvalue weighted by Crippen LogP contribution is 2.16. The number of hydrogen-bond donors (Lipinski definition) is 3. The highest BCUT2D eigenvalue weighted by Gasteiger charge is 2.07. The van der Waals surface area contributed by atoms with Gasteiger partial charge in [0.15, 0.2) is 11.6 Å². The van der Waals surface area contributed by atoms with Gasteiger partial charge in [-0.15, -0.1) is 0 Å². The van der Waals surface area contributed by atoms with E-state index in [0.717, 1.165) is 0 Å². The van der Waals surface area contributed by atoms with Crippen LogP contribution in [0.25, 0.3) is 0 Å². The van der Waals surface area contributed by atoms with Gasteiger partial charge in [-0.25, -0.2) is 4.98 Å². The van der Waals surface area contributed by atoms with Crippen LogP contribution in [0.4, 0.5) is 5.82 Å². The van der Waals surface area contributed by atoms with E-state index in [-0.39, 0.29) is 6.61 Å². The molecule has 5 nitrogen and oxygen atoms in total. The summed E-state index contributed by atoms with van der Waals surface area (Å²) in [6.07, 6.45) is 1.04. The maximum Gasteiger partial charge on any atom is 0.166 e. The van der Waals surface area contributed by atoms with Gasteiger partial charge in [-0.2, -0.15) is 0 Å². The van der Waals surface area contributed by atoms with E-state index in [1.807, 2.05) is 13.8 Å². The van der Waals surface area contributed by atoms with Gasteiger partial charge in [-0.3, -0.25) is 0 Å². The number of ether oxygens (including phenoxy) is 1. The van der Waals surface area contributed by atoms with Gasteiger partial charge in [0, 0.05) is 18.8 Å². The molecule has 90 valence electrons. The Hall–Kier alpha value is -1.33. The fraction of sp³-hybridized carbons (Fsp3) is 0.545. The Morgan fingerprint density at radius 2 is 2.31 bits per heavy atom. The number of nitrogens with two attached hydrogens (primary N) is 1. The number of aliphatic hydroxyl groups is 1. The molecule has 0 amide bonds. The monoisotopic (exact) mass is 225 g/mol. The normalized spacial score (nSPS) is 12.8. The molecule has 16 heavy (non-hydrogen) atoms. The van der Waals surface area contributed by atoms with Crippen LogP contribution in [0.15, 0.2) is 18.3 Å². The van der Waals surface area contributed by atoms with Gasteiger partial charge in [0.2, 0.25) is 0 Å². The smallest absolute Gasteiger partial charge is 0.166 e. The van der Waals surface area contributed by atoms with E-state index in [1.165, 1.54) is 0 Å². The van der Waals surface area contributed by atoms with Gasteiger partial charge in [0.05, 0.1) is 0 Å². The van der Waals surface area contributed by atoms with E-state index in [1.54, 1.807) is 18.3 Å². The van der Waals surface area contributed by atoms with Crippen molar-refractivity contribution in [3.8, 4) is 5.75 Å². The van der Waals surface area contributed by atoms with Gasteiger partial charge in [-0.05, 0) is 12.1 Å². The van der Waals surface area contributed by atoms with E-state index in [4.69, 9.17) is 10.5 Å². The molecule has 0 saturated heterocycles. The Labute approximate surface area is 95.6 Å². The maximum absolute atomic E-state index is 9.60. The van der Waals surface area contributed by atoms with Crippen LogP contribution in [0.1, 0.15) is 13.8 Å². The zero-order valence-corrected chi connectivity index (χ0v) is 9.68. The highest BCUT2D eigenvalue weighted by atomic mass is 16.5. The van der Waals surface area contributed by atoms with Crippen molar-refractivity contribution in [3.05, 3.63) is 18.3 Å². The third-order valence-electron chi connectivity index (χ3n) is 1.99. The molecule has 0 aliphatic rings. The lowest BCUT2D eigenvalue weighted by Crippen LogP contribution is -2.35. The van der Waals surface area contributed by atoms with Gasteiger partial charge in [-0.1, -0.05) is 13.8 Å². The third kappa shape index (κ3) is 4.46. The average Bonchev–Trinajstić information content (AvgIpc) is 2.25. The molecule has 5 heteroatoms. The lowest BCUT2D eigenvalue weighted by atomic mass is 10.3. The zero-order chi connectivity index (χ0) is 12.0. The first kappa shape index (κ1) is 12.7. The minimum atomic E-state index is -0.554. The molecule has 0 aliphatic carbocycles. The molecule has 1 unspecified atom stereocenters. The number of anilines is 1. The second-order valence-electron chi connectivity index (χ2n) is 3.91. The van der Waals surface area contributed by atoms with Crippen LogP contribution in [0.2, 0.25) is 0 Å². The molecule has 1 heterocycles. The van der Waals surface area contributed by atoms with Crippen molar-refractivity contribution in [1.29, 1.82) is 0 Å². The van der Waals surface area contributed by atoms with Crippen LogP contribution in [-0.4, -0.2) is 35.4 Å². The summed E-state index contributed by atoms with van der Waals surface area (Å²) in [7, 11) is 0. The van der Waals surface area contributed by atoms with Gasteiger partial charge in [0.1, 0.15) is 12.7 Å². The topological polar surface area (TPSA) is 80.4 Å². The minimum absolute atomic E-state index is 0.204. The van der Waals surface area contributed by atoms with E-state index in [9.17, 15) is 5.11 Å². The fourth-order valence-electron chi connectivity index (χ4n) is 1.14. The quantitative estimate of drug-likeness (QED) is 0.653. The van der Waals surface area contributed by atoms with Gasteiger partial charge >= 0.3 is 0 Å². The molecule has 0 bridgehead atoms. The predicted octanol–water partition coefficient (Wildman–Crippen LogP) is 0.401. The standard InChI is InChI=1S/C11H19N3O2/c1-8(2)14-6-9(15)7-16-10-4-3-5-13-11(10)12/h3-5,8-9,14-15H,6-7H2,1-2H3,(H2,12,13). The molecule has 1 atom stereocenters. The Bertz CT molecular complexity index is 318. The van der Waals surface area contributed by atoms with Gasteiger partial charge < -0.3 is 20.9 Å². The number of aliphatic hydroxyl groups excluding tert-OH is 1. The van der Waals surface area contributed by atoms with Crippen molar-refractivity contribution in [2.45, 2.75) is 26.0 Å². The van der Waals surface area contributed by atoms with Crippen LogP contribution in [0.5, 0.6) is 5.75 Å². The lowest BCUT2D eigenvalue weighted by molar-refractivity contribution is 0.105. The Morgan fingerprint density at radius 3 is 2.94 bits per heavy atom. The SMILES string of the molecule is CC(C)NCC(O)COc1cccnc1N. The number of aromatic nitrogens is 1. The van der Waals surface area contributed by atoms with Crippen LogP contribution < -0.4 is 15.8 Å². The molecule has 0 aliphatic heterocycles. The molecular formula is C11H19N3O2. The van der Waals surface area contributed by atoms with Crippen molar-refractivity contribution in [2.24, 2.45) is 0 Å². The molecule has 0 fully saturated rings. The minimum Gasteiger partial charge on any atom is -0.487 e. The van der Waals surface area contributed by atoms with Crippen molar-refractivity contribution in [3.63, 3.8) is 0 Å². The molecule has 1 rings (SSSR count). The number of nitrogens with one attached hydrogen (secondary N) is 1. The number of nitrogens with zero attached hydrogens (tertiary/aromatic N) is 1. The summed E-state index contributed by atoms with van der Waals surface area (Å²) >= 11 is 0. The molecule has 1 aromatic heterocycles. The predicted molar refractivity (Wildman–Crippen MR) is 63.3 cm³/mol. The summed E-state index contributed by atoms with van der Waals surface area (Å²) in [6, 6.07) is 3.81. The van der Waals surface area contributed by atoms with Crippen molar-refractivity contribution in [1.82, 2.24) is 10.3 Å². The number of pyridine rings is 1. The third-order valence-corrected chi connectivity index (χ3v) is 1.99. The first-order valence-corrected chi connectivity index (χ1v) is 5.34. The second-order valence-corrected chi connectivity index (χ2v) is 3.91. The van der Waals surface area contributed by atoms with Crippen LogP contribution in [0, 0.1) is 0 Å². The van der Waals surface area contributed by atoms with Crippen LogP contribution in [0.3, 0.4) is 0 Å². The Kier molecular flexibility index (Phi) is 5.01. The summed E-state index contributed by atoms with van der Waals surface area (Å²) < 4.78 is 5.35. The molecular weight excluding hydrogens is 206 g/mol. The van der Waals surface area contributed by atoms with E-state index in [0.29, 0.717) is 24.2 Å². The van der Waals surface area contributed by atoms with Crippen LogP contribution in [-0.2, 0) is 0 Å². The van der Waals surface area contributed by atoms with E-state index < -0.39 is 6.10 Å². The highest BCUT2D eigenvalue weighted by molar-refractivity contribution is 5.44. The zero-order valence-electron chi connectivity index (χ0n) is 9.68. The van der Waals surface area contributed by atoms with Crippen LogP contribution >= 0.6 is 0 Å². The Balaban J connectivity index is 2.31. The molecule has 0 aromatic carbocycles. The maximum atomic E-state index is 9.60. The van der Waals surface area contributed by atoms with E-state index >= 15 is 0 Å². The summed E-state index contributed by atoms with van der Waals surface area (Å²) in [5, 5.41) is 12.7. The van der Waals surface area contributed by atoms with Crippen molar-refractivity contribution in [2.75, 3.05) is 18.9 Å². The fourth-order valence-corrected chi connectivity index (χ4v) is 1.14. The summed E-state index contributed by atoms with van der Waals surface area (Å²) in [5.41, 5.74) is 5.60. The number of rotatable bonds is 6. The van der Waals surface area contributed by atoms with Gasteiger partial charge in [0.25, 0.3) is 0 Å². The summed E-state index contributed by atoms with van der Waals surface area (Å²) in [5.74, 6) is 0.845. The summed E-state index contributed by atoms with van der Waals surface area (Å²) in [4.78, 5) is 3.89. The molecule has 0 spiro atoms. The van der Waals surface area contributed by atoms with E-state index in [2.05, 4.69) is 10.3 Å². The van der Waals surface area contributed by atoms with Crippen molar-refractivity contribution >= 4 is 5.82 Å². The average molecular weight is 225 g/mol. The lowest BCUT2D eigenvalue weighted by Gasteiger charge is -2.15. The molecule has 0 radical (unpaired) electrons. The summed E-state index contributed by atoms with van der Waals surface area (Å²) in [6.45, 7) is 4.74. The first-order valence-electron chi connectivity index (χ1n) is 5.34. The Morgan fingerprint density at radius 1 is 1.56 bits per heavy atom. The first-order chi connectivity index (χ1) is 7.59.